The quantitative estimate of drug-likeness (QED) is 0.152. The predicted octanol–water partition coefficient (Wildman–Crippen LogP) is 3.14. The summed E-state index contributed by atoms with van der Waals surface area (Å²) >= 11 is 0. The van der Waals surface area contributed by atoms with Crippen molar-refractivity contribution in [3.05, 3.63) is 44.5 Å². The third-order valence-electron chi connectivity index (χ3n) is 4.65. The third kappa shape index (κ3) is 12.8. The van der Waals surface area contributed by atoms with E-state index in [4.69, 9.17) is 0 Å². The number of aliphatic hydroxyl groups excluding tert-OH is 2. The second kappa shape index (κ2) is 16.8. The van der Waals surface area contributed by atoms with Gasteiger partial charge in [-0.1, -0.05) is 50.5 Å². The normalized spacial score (nSPS) is 16.0. The molecular weight excluding hydrogens is 380 g/mol. The zero-order chi connectivity index (χ0) is 22.1. The van der Waals surface area contributed by atoms with Crippen LogP contribution in [0.1, 0.15) is 71.1 Å². The van der Waals surface area contributed by atoms with Crippen molar-refractivity contribution in [2.45, 2.75) is 95.4 Å². The van der Waals surface area contributed by atoms with E-state index in [0.717, 1.165) is 25.7 Å². The maximum absolute atomic E-state index is 11.3. The van der Waals surface area contributed by atoms with Gasteiger partial charge in [-0.2, -0.15) is 0 Å². The van der Waals surface area contributed by atoms with Crippen molar-refractivity contribution in [1.82, 2.24) is 0 Å². The Morgan fingerprint density at radius 3 is 2.14 bits per heavy atom. The summed E-state index contributed by atoms with van der Waals surface area (Å²) in [6, 6.07) is -3.00. The number of hydrogen-bond donors (Lipinski definition) is 2. The summed E-state index contributed by atoms with van der Waals surface area (Å²) in [5.41, 5.74) is 0. The molecule has 9 nitrogen and oxygen atoms in total. The van der Waals surface area contributed by atoms with Crippen LogP contribution in [-0.4, -0.2) is 50.6 Å². The highest BCUT2D eigenvalue weighted by Gasteiger charge is 2.40. The van der Waals surface area contributed by atoms with E-state index < -0.39 is 40.6 Å². The van der Waals surface area contributed by atoms with Gasteiger partial charge in [-0.15, -0.1) is 0 Å². The second-order valence-corrected chi connectivity index (χ2v) is 7.02. The predicted molar refractivity (Wildman–Crippen MR) is 109 cm³/mol. The fourth-order valence-corrected chi connectivity index (χ4v) is 2.88. The smallest absolute Gasteiger partial charge is 0.245 e. The minimum absolute atomic E-state index is 0.00402. The third-order valence-corrected chi connectivity index (χ3v) is 4.65. The topological polar surface area (TPSA) is 144 Å². The number of carbonyl (C=O) groups excluding carboxylic acids is 1. The number of unbranched alkanes of at least 4 members (excludes halogenated alkanes) is 4. The van der Waals surface area contributed by atoms with Crippen molar-refractivity contribution >= 4 is 6.29 Å². The second-order valence-electron chi connectivity index (χ2n) is 7.02. The molecule has 0 aliphatic heterocycles. The molecule has 0 amide bonds. The van der Waals surface area contributed by atoms with E-state index in [9.17, 15) is 35.2 Å². The van der Waals surface area contributed by atoms with Crippen LogP contribution in [0, 0.1) is 20.2 Å². The van der Waals surface area contributed by atoms with Gasteiger partial charge >= 0.3 is 0 Å². The Morgan fingerprint density at radius 1 is 0.931 bits per heavy atom. The molecule has 0 aromatic heterocycles. The molecule has 0 saturated heterocycles. The van der Waals surface area contributed by atoms with Crippen molar-refractivity contribution in [2.75, 3.05) is 0 Å². The van der Waals surface area contributed by atoms with E-state index in [1.54, 1.807) is 12.2 Å². The highest BCUT2D eigenvalue weighted by atomic mass is 16.6. The summed E-state index contributed by atoms with van der Waals surface area (Å²) in [6.07, 6.45) is 10.8. The lowest BCUT2D eigenvalue weighted by Crippen LogP contribution is -2.43. The number of aliphatic hydroxyl groups is 2. The van der Waals surface area contributed by atoms with Crippen LogP contribution in [0.5, 0.6) is 0 Å². The molecule has 9 heteroatoms. The van der Waals surface area contributed by atoms with E-state index >= 15 is 0 Å². The van der Waals surface area contributed by atoms with Gasteiger partial charge in [0.05, 0.1) is 6.42 Å². The van der Waals surface area contributed by atoms with Gasteiger partial charge in [0.2, 0.25) is 12.1 Å². The first-order chi connectivity index (χ1) is 13.8. The van der Waals surface area contributed by atoms with Gasteiger partial charge < -0.3 is 10.2 Å². The lowest BCUT2D eigenvalue weighted by molar-refractivity contribution is -0.573. The van der Waals surface area contributed by atoms with Gasteiger partial charge in [0.25, 0.3) is 0 Å². The molecule has 0 aromatic rings. The molecule has 165 valence electrons. The summed E-state index contributed by atoms with van der Waals surface area (Å²) in [5.74, 6) is 0. The Balaban J connectivity index is 4.64. The van der Waals surface area contributed by atoms with Crippen molar-refractivity contribution in [3.63, 3.8) is 0 Å². The van der Waals surface area contributed by atoms with E-state index in [1.807, 2.05) is 25.4 Å². The Morgan fingerprint density at radius 2 is 1.55 bits per heavy atom. The zero-order valence-electron chi connectivity index (χ0n) is 17.0. The number of hydrogen-bond acceptors (Lipinski definition) is 7. The molecule has 0 bridgehead atoms. The van der Waals surface area contributed by atoms with Crippen molar-refractivity contribution in [2.24, 2.45) is 0 Å². The lowest BCUT2D eigenvalue weighted by Gasteiger charge is -2.20. The molecule has 2 N–H and O–H groups in total. The zero-order valence-corrected chi connectivity index (χ0v) is 17.0. The van der Waals surface area contributed by atoms with Crippen LogP contribution in [0.4, 0.5) is 0 Å². The molecule has 0 heterocycles. The average molecular weight is 413 g/mol. The number of allylic oxidation sites excluding steroid dienone is 3. The van der Waals surface area contributed by atoms with Gasteiger partial charge in [0.15, 0.2) is 6.29 Å². The molecule has 0 spiro atoms. The molecule has 0 saturated carbocycles. The first-order valence-corrected chi connectivity index (χ1v) is 10.1. The average Bonchev–Trinajstić information content (AvgIpc) is 2.66. The van der Waals surface area contributed by atoms with Crippen LogP contribution < -0.4 is 0 Å². The fourth-order valence-electron chi connectivity index (χ4n) is 2.88. The maximum atomic E-state index is 11.3. The van der Waals surface area contributed by atoms with Gasteiger partial charge in [0.1, 0.15) is 12.2 Å². The van der Waals surface area contributed by atoms with E-state index in [2.05, 4.69) is 0 Å². The fraction of sp³-hybridized carbons (Fsp3) is 0.750. The van der Waals surface area contributed by atoms with Crippen LogP contribution in [0.2, 0.25) is 0 Å². The van der Waals surface area contributed by atoms with E-state index in [-0.39, 0.29) is 12.8 Å². The Labute approximate surface area is 171 Å². The molecule has 0 aliphatic rings. The molecule has 4 unspecified atom stereocenters. The summed E-state index contributed by atoms with van der Waals surface area (Å²) in [6.45, 7) is 1.96. The summed E-state index contributed by atoms with van der Waals surface area (Å²) in [7, 11) is 0. The highest BCUT2D eigenvalue weighted by Crippen LogP contribution is 2.18. The number of rotatable bonds is 18. The molecule has 0 aromatic carbocycles. The number of nitrogens with zero attached hydrogens (tertiary/aromatic N) is 2. The SMILES string of the molecule is CCCCCC(O)C(CC(C(O)C/C=C\C/C=C\CCC[C]=O)[N+](=O)[O-])[N+](=O)[O-]. The Bertz CT molecular complexity index is 537. The van der Waals surface area contributed by atoms with Crippen LogP contribution in [-0.2, 0) is 4.79 Å². The Kier molecular flexibility index (Phi) is 15.6. The monoisotopic (exact) mass is 413 g/mol. The Hall–Kier alpha value is -2.13. The maximum Gasteiger partial charge on any atom is 0.245 e. The molecule has 4 atom stereocenters. The molecule has 0 aliphatic carbocycles. The van der Waals surface area contributed by atoms with E-state index in [0.29, 0.717) is 19.3 Å². The summed E-state index contributed by atoms with van der Waals surface area (Å²) in [5, 5.41) is 42.8. The van der Waals surface area contributed by atoms with Crippen LogP contribution in [0.3, 0.4) is 0 Å². The van der Waals surface area contributed by atoms with E-state index in [1.165, 1.54) is 0 Å². The van der Waals surface area contributed by atoms with Crippen molar-refractivity contribution in [1.29, 1.82) is 0 Å². The minimum atomic E-state index is -1.52. The molecule has 0 fully saturated rings. The van der Waals surface area contributed by atoms with Crippen molar-refractivity contribution in [3.8, 4) is 0 Å². The van der Waals surface area contributed by atoms with Crippen LogP contribution >= 0.6 is 0 Å². The number of nitro groups is 2. The van der Waals surface area contributed by atoms with Crippen LogP contribution in [0.15, 0.2) is 24.3 Å². The molecular formula is C20H33N2O7. The minimum Gasteiger partial charge on any atom is -0.386 e. The first-order valence-electron chi connectivity index (χ1n) is 10.1. The summed E-state index contributed by atoms with van der Waals surface area (Å²) in [4.78, 5) is 31.3. The van der Waals surface area contributed by atoms with Gasteiger partial charge in [-0.05, 0) is 32.1 Å². The first kappa shape index (κ1) is 26.9. The molecule has 29 heavy (non-hydrogen) atoms. The van der Waals surface area contributed by atoms with Crippen LogP contribution in [0.25, 0.3) is 0 Å². The molecule has 1 radical (unpaired) electrons. The highest BCUT2D eigenvalue weighted by molar-refractivity contribution is 5.50. The molecule has 0 rings (SSSR count). The standard InChI is InChI=1S/C20H33N2O7/c1-2-3-10-13-19(24)17(21(26)27)16-18(22(28)29)20(25)14-11-8-6-4-5-7-9-12-15-23/h4-5,8,11,17-20,24-25H,2-3,6-7,9-10,12-14,16H2,1H3/b5-4-,11-8-. The summed E-state index contributed by atoms with van der Waals surface area (Å²) < 4.78 is 0. The lowest BCUT2D eigenvalue weighted by atomic mass is 9.94. The van der Waals surface area contributed by atoms with Gasteiger partial charge in [0, 0.05) is 16.3 Å². The largest absolute Gasteiger partial charge is 0.386 e. The van der Waals surface area contributed by atoms with Crippen molar-refractivity contribution < 1.29 is 24.9 Å². The van der Waals surface area contributed by atoms with Gasteiger partial charge in [-0.3, -0.25) is 25.0 Å². The van der Waals surface area contributed by atoms with Gasteiger partial charge in [-0.25, -0.2) is 0 Å².